The second-order valence-corrected chi connectivity index (χ2v) is 13.9. The van der Waals surface area contributed by atoms with Crippen LogP contribution in [0.3, 0.4) is 0 Å². The number of rotatable bonds is 13. The van der Waals surface area contributed by atoms with E-state index in [9.17, 15) is 24.0 Å². The second kappa shape index (κ2) is 17.4. The summed E-state index contributed by atoms with van der Waals surface area (Å²) in [6, 6.07) is 32.1. The first-order chi connectivity index (χ1) is 26.2. The minimum Gasteiger partial charge on any atom is -0.462 e. The van der Waals surface area contributed by atoms with Gasteiger partial charge in [0.1, 0.15) is 10.7 Å². The van der Waals surface area contributed by atoms with Gasteiger partial charge in [0, 0.05) is 44.5 Å². The molecule has 5 N–H and O–H groups in total. The standard InChI is InChI=1S/C41H35N5O6S2/c1-3-52-41(51)35-25(2)36(39(50)43-28-15-8-5-9-16-28)54-40(35)46-34(47)24-53-30-18-12-17-29(22-30)44-38(49)33(45-37(48)26-13-6-4-7-14-26)21-27-23-42-32-20-11-10-19-31(27)32/h4-23,42H,3,24H2,1-2H3,(H,43,50)(H,44,49)(H,45,48)(H,46,47)/b33-21-. The molecule has 6 aromatic rings. The lowest BCUT2D eigenvalue weighted by Gasteiger charge is -2.12. The van der Waals surface area contributed by atoms with E-state index < -0.39 is 29.6 Å². The maximum atomic E-state index is 13.7. The number of carbonyl (C=O) groups is 5. The Bertz CT molecular complexity index is 2370. The largest absolute Gasteiger partial charge is 0.462 e. The van der Waals surface area contributed by atoms with E-state index in [1.807, 2.05) is 30.3 Å². The fraction of sp³-hybridized carbons (Fsp3) is 0.0976. The molecular formula is C41H35N5O6S2. The Kier molecular flexibility index (Phi) is 12.0. The Morgan fingerprint density at radius 3 is 2.26 bits per heavy atom. The molecule has 0 fully saturated rings. The van der Waals surface area contributed by atoms with Gasteiger partial charge in [0.15, 0.2) is 0 Å². The fourth-order valence-corrected chi connectivity index (χ4v) is 7.32. The molecule has 272 valence electrons. The van der Waals surface area contributed by atoms with Crippen LogP contribution >= 0.6 is 23.1 Å². The number of amides is 4. The molecule has 0 radical (unpaired) electrons. The van der Waals surface area contributed by atoms with E-state index in [1.54, 1.807) is 105 Å². The van der Waals surface area contributed by atoms with Crippen molar-refractivity contribution in [3.8, 4) is 0 Å². The van der Waals surface area contributed by atoms with E-state index >= 15 is 0 Å². The lowest BCUT2D eigenvalue weighted by Crippen LogP contribution is -2.30. The molecule has 11 nitrogen and oxygen atoms in total. The molecule has 4 amide bonds. The number of hydrogen-bond acceptors (Lipinski definition) is 8. The molecule has 54 heavy (non-hydrogen) atoms. The fourth-order valence-electron chi connectivity index (χ4n) is 5.46. The third kappa shape index (κ3) is 9.13. The van der Waals surface area contributed by atoms with Gasteiger partial charge in [-0.25, -0.2) is 4.79 Å². The van der Waals surface area contributed by atoms with Crippen LogP contribution < -0.4 is 21.3 Å². The number of carbonyl (C=O) groups excluding carboxylic acids is 5. The van der Waals surface area contributed by atoms with E-state index in [-0.39, 0.29) is 33.5 Å². The minimum atomic E-state index is -0.644. The van der Waals surface area contributed by atoms with Crippen LogP contribution in [0.25, 0.3) is 17.0 Å². The van der Waals surface area contributed by atoms with Crippen LogP contribution in [0.5, 0.6) is 0 Å². The van der Waals surface area contributed by atoms with E-state index in [0.29, 0.717) is 27.4 Å². The number of thiophene rings is 1. The van der Waals surface area contributed by atoms with Gasteiger partial charge in [0.05, 0.1) is 22.8 Å². The number of hydrogen-bond donors (Lipinski definition) is 5. The second-order valence-electron chi connectivity index (χ2n) is 11.8. The van der Waals surface area contributed by atoms with Crippen molar-refractivity contribution in [2.24, 2.45) is 0 Å². The van der Waals surface area contributed by atoms with E-state index in [2.05, 4.69) is 26.3 Å². The highest BCUT2D eigenvalue weighted by Crippen LogP contribution is 2.35. The highest BCUT2D eigenvalue weighted by atomic mass is 32.2. The molecule has 0 aliphatic rings. The van der Waals surface area contributed by atoms with Crippen LogP contribution in [0.1, 0.15) is 48.4 Å². The van der Waals surface area contributed by atoms with Crippen molar-refractivity contribution in [2.75, 3.05) is 28.3 Å². The van der Waals surface area contributed by atoms with Crippen molar-refractivity contribution in [1.29, 1.82) is 0 Å². The quantitative estimate of drug-likeness (QED) is 0.0452. The first kappa shape index (κ1) is 37.3. The number of aromatic amines is 1. The number of H-pyrrole nitrogens is 1. The number of nitrogens with one attached hydrogen (secondary N) is 5. The summed E-state index contributed by atoms with van der Waals surface area (Å²) in [5, 5.41) is 12.3. The van der Waals surface area contributed by atoms with Crippen LogP contribution in [-0.2, 0) is 14.3 Å². The molecule has 4 aromatic carbocycles. The number of ether oxygens (including phenoxy) is 1. The number of esters is 1. The van der Waals surface area contributed by atoms with Gasteiger partial charge in [0.25, 0.3) is 17.7 Å². The van der Waals surface area contributed by atoms with Crippen LogP contribution in [0.15, 0.2) is 126 Å². The average Bonchev–Trinajstić information content (AvgIpc) is 3.74. The van der Waals surface area contributed by atoms with Gasteiger partial charge in [-0.15, -0.1) is 23.1 Å². The third-order valence-electron chi connectivity index (χ3n) is 8.03. The van der Waals surface area contributed by atoms with Crippen LogP contribution in [0, 0.1) is 6.92 Å². The van der Waals surface area contributed by atoms with E-state index in [0.717, 1.165) is 27.8 Å². The molecule has 2 aromatic heterocycles. The molecular weight excluding hydrogens is 723 g/mol. The first-order valence-electron chi connectivity index (χ1n) is 16.8. The monoisotopic (exact) mass is 757 g/mol. The summed E-state index contributed by atoms with van der Waals surface area (Å²) in [7, 11) is 0. The number of fused-ring (bicyclic) bond motifs is 1. The van der Waals surface area contributed by atoms with E-state index in [1.165, 1.54) is 11.8 Å². The maximum Gasteiger partial charge on any atom is 0.341 e. The molecule has 13 heteroatoms. The molecule has 0 spiro atoms. The number of benzene rings is 4. The highest BCUT2D eigenvalue weighted by Gasteiger charge is 2.27. The van der Waals surface area contributed by atoms with Gasteiger partial charge in [-0.2, -0.15) is 0 Å². The predicted octanol–water partition coefficient (Wildman–Crippen LogP) is 8.11. The summed E-state index contributed by atoms with van der Waals surface area (Å²) < 4.78 is 5.24. The highest BCUT2D eigenvalue weighted by molar-refractivity contribution is 8.00. The zero-order valence-electron chi connectivity index (χ0n) is 29.2. The van der Waals surface area contributed by atoms with Crippen LogP contribution in [0.2, 0.25) is 0 Å². The number of para-hydroxylation sites is 2. The summed E-state index contributed by atoms with van der Waals surface area (Å²) in [5.74, 6) is -2.50. The molecule has 0 saturated carbocycles. The van der Waals surface area contributed by atoms with Gasteiger partial charge >= 0.3 is 5.97 Å². The van der Waals surface area contributed by atoms with Gasteiger partial charge < -0.3 is 31.0 Å². The number of anilines is 3. The predicted molar refractivity (Wildman–Crippen MR) is 214 cm³/mol. The Morgan fingerprint density at radius 1 is 0.796 bits per heavy atom. The molecule has 0 aliphatic heterocycles. The molecule has 0 bridgehead atoms. The SMILES string of the molecule is CCOC(=O)c1c(NC(=O)CSc2cccc(NC(=O)/C(=C/c3c[nH]c4ccccc34)NC(=O)c3ccccc3)c2)sc(C(=O)Nc2ccccc2)c1C. The summed E-state index contributed by atoms with van der Waals surface area (Å²) in [5.41, 5.74) is 3.58. The average molecular weight is 758 g/mol. The molecule has 6 rings (SSSR count). The zero-order valence-corrected chi connectivity index (χ0v) is 30.9. The van der Waals surface area contributed by atoms with Crippen molar-refractivity contribution >= 4 is 86.1 Å². The Hall–Kier alpha value is -6.44. The third-order valence-corrected chi connectivity index (χ3v) is 10.2. The van der Waals surface area contributed by atoms with Gasteiger partial charge in [-0.05, 0) is 74.0 Å². The van der Waals surface area contributed by atoms with Gasteiger partial charge in [-0.3, -0.25) is 19.2 Å². The lowest BCUT2D eigenvalue weighted by molar-refractivity contribution is -0.114. The minimum absolute atomic E-state index is 0.0338. The van der Waals surface area contributed by atoms with Gasteiger partial charge in [0.2, 0.25) is 5.91 Å². The number of aromatic nitrogens is 1. The van der Waals surface area contributed by atoms with Crippen molar-refractivity contribution in [3.05, 3.63) is 148 Å². The van der Waals surface area contributed by atoms with Crippen LogP contribution in [0.4, 0.5) is 16.4 Å². The van der Waals surface area contributed by atoms with Crippen molar-refractivity contribution < 1.29 is 28.7 Å². The van der Waals surface area contributed by atoms with Crippen LogP contribution in [-0.4, -0.2) is 46.9 Å². The molecule has 0 atom stereocenters. The molecule has 0 saturated heterocycles. The van der Waals surface area contributed by atoms with Crippen molar-refractivity contribution in [3.63, 3.8) is 0 Å². The molecule has 0 aliphatic carbocycles. The summed E-state index contributed by atoms with van der Waals surface area (Å²) >= 11 is 2.21. The van der Waals surface area contributed by atoms with E-state index in [4.69, 9.17) is 4.74 Å². The first-order valence-corrected chi connectivity index (χ1v) is 18.7. The van der Waals surface area contributed by atoms with Gasteiger partial charge in [-0.1, -0.05) is 60.7 Å². The smallest absolute Gasteiger partial charge is 0.341 e. The summed E-state index contributed by atoms with van der Waals surface area (Å²) in [6.45, 7) is 3.44. The topological polar surface area (TPSA) is 158 Å². The van der Waals surface area contributed by atoms with Crippen molar-refractivity contribution in [1.82, 2.24) is 10.3 Å². The lowest BCUT2D eigenvalue weighted by atomic mass is 10.1. The molecule has 2 heterocycles. The Labute approximate surface area is 319 Å². The van der Waals surface area contributed by atoms with Crippen molar-refractivity contribution in [2.45, 2.75) is 18.7 Å². The summed E-state index contributed by atoms with van der Waals surface area (Å²) in [6.07, 6.45) is 3.38. The number of thioether (sulfide) groups is 1. The maximum absolute atomic E-state index is 13.7. The normalized spacial score (nSPS) is 11.1. The summed E-state index contributed by atoms with van der Waals surface area (Å²) in [4.78, 5) is 70.2. The Morgan fingerprint density at radius 2 is 1.50 bits per heavy atom. The molecule has 0 unspecified atom stereocenters. The zero-order chi connectivity index (χ0) is 38.0. The Balaban J connectivity index is 1.15.